The first-order chi connectivity index (χ1) is 5.05. The fourth-order valence-corrected chi connectivity index (χ4v) is 2.65. The first-order valence-corrected chi connectivity index (χ1v) is 5.62. The molecule has 0 aromatic heterocycles. The van der Waals surface area contributed by atoms with E-state index in [0.29, 0.717) is 25.2 Å². The molecule has 3 heterocycles. The molecule has 3 aliphatic rings. The van der Waals surface area contributed by atoms with Crippen LogP contribution in [0.5, 0.6) is 0 Å². The average molecular weight is 176 g/mol. The molecule has 3 fully saturated rings. The van der Waals surface area contributed by atoms with Crippen molar-refractivity contribution in [3.63, 3.8) is 0 Å². The summed E-state index contributed by atoms with van der Waals surface area (Å²) >= 11 is 0. The van der Waals surface area contributed by atoms with Crippen LogP contribution in [0, 0.1) is 0 Å². The summed E-state index contributed by atoms with van der Waals surface area (Å²) in [5.74, 6) is 0. The molecule has 0 radical (unpaired) electrons. The second-order valence-corrected chi connectivity index (χ2v) is 5.36. The quantitative estimate of drug-likeness (QED) is 0.557. The third-order valence-electron chi connectivity index (χ3n) is 2.36. The molecule has 0 aliphatic carbocycles. The number of piperazine rings is 1. The minimum Gasteiger partial charge on any atom is -0.308 e. The van der Waals surface area contributed by atoms with E-state index in [1.165, 1.54) is 6.26 Å². The van der Waals surface area contributed by atoms with Gasteiger partial charge in [0, 0.05) is 25.2 Å². The minimum atomic E-state index is -2.94. The van der Waals surface area contributed by atoms with Crippen LogP contribution in [0.15, 0.2) is 0 Å². The zero-order chi connectivity index (χ0) is 8.06. The van der Waals surface area contributed by atoms with Crippen molar-refractivity contribution in [1.82, 2.24) is 9.62 Å². The monoisotopic (exact) mass is 176 g/mol. The molecule has 11 heavy (non-hydrogen) atoms. The predicted octanol–water partition coefficient (Wildman–Crippen LogP) is -1.01. The highest BCUT2D eigenvalue weighted by Crippen LogP contribution is 2.22. The van der Waals surface area contributed by atoms with Gasteiger partial charge in [-0.3, -0.25) is 0 Å². The molecule has 0 saturated carbocycles. The van der Waals surface area contributed by atoms with E-state index >= 15 is 0 Å². The van der Waals surface area contributed by atoms with E-state index in [-0.39, 0.29) is 0 Å². The van der Waals surface area contributed by atoms with Crippen molar-refractivity contribution in [2.45, 2.75) is 18.5 Å². The lowest BCUT2D eigenvalue weighted by molar-refractivity contribution is 0.136. The van der Waals surface area contributed by atoms with Crippen LogP contribution in [-0.4, -0.2) is 44.2 Å². The summed E-state index contributed by atoms with van der Waals surface area (Å²) in [6, 6.07) is 0.840. The number of rotatable bonds is 1. The number of piperidine rings is 1. The topological polar surface area (TPSA) is 49.4 Å². The van der Waals surface area contributed by atoms with Gasteiger partial charge in [0.2, 0.25) is 10.0 Å². The molecule has 3 saturated heterocycles. The molecule has 3 rings (SSSR count). The first kappa shape index (κ1) is 7.52. The zero-order valence-corrected chi connectivity index (χ0v) is 7.26. The van der Waals surface area contributed by atoms with E-state index in [4.69, 9.17) is 0 Å². The highest BCUT2D eigenvalue weighted by molar-refractivity contribution is 7.88. The maximum Gasteiger partial charge on any atom is 0.211 e. The number of sulfonamides is 1. The Labute approximate surface area is 66.6 Å². The van der Waals surface area contributed by atoms with Crippen molar-refractivity contribution in [2.24, 2.45) is 0 Å². The molecule has 2 bridgehead atoms. The van der Waals surface area contributed by atoms with Crippen LogP contribution in [0.4, 0.5) is 0 Å². The summed E-state index contributed by atoms with van der Waals surface area (Å²) < 4.78 is 23.7. The highest BCUT2D eigenvalue weighted by atomic mass is 32.2. The SMILES string of the molecule is CS(=O)(=O)N1CC2CC(C1)N2. The predicted molar refractivity (Wildman–Crippen MR) is 41.7 cm³/mol. The summed E-state index contributed by atoms with van der Waals surface area (Å²) in [7, 11) is -2.94. The molecule has 2 atom stereocenters. The van der Waals surface area contributed by atoms with Crippen LogP contribution >= 0.6 is 0 Å². The Morgan fingerprint density at radius 3 is 2.09 bits per heavy atom. The van der Waals surface area contributed by atoms with Crippen LogP contribution in [0.25, 0.3) is 0 Å². The van der Waals surface area contributed by atoms with Gasteiger partial charge in [0.15, 0.2) is 0 Å². The van der Waals surface area contributed by atoms with E-state index in [2.05, 4.69) is 5.32 Å². The molecular weight excluding hydrogens is 164 g/mol. The van der Waals surface area contributed by atoms with E-state index < -0.39 is 10.0 Å². The van der Waals surface area contributed by atoms with Crippen LogP contribution in [0.1, 0.15) is 6.42 Å². The zero-order valence-electron chi connectivity index (χ0n) is 6.45. The van der Waals surface area contributed by atoms with Crippen LogP contribution < -0.4 is 5.32 Å². The molecule has 0 aromatic carbocycles. The van der Waals surface area contributed by atoms with E-state index in [1.54, 1.807) is 4.31 Å². The molecule has 0 aromatic rings. The molecular formula is C6H12N2O2S. The standard InChI is InChI=1S/C6H12N2O2S/c1-11(9,10)8-3-5-2-6(4-8)7-5/h5-7H,2-4H2,1H3. The lowest BCUT2D eigenvalue weighted by Crippen LogP contribution is -2.67. The molecule has 0 amide bonds. The number of fused-ring (bicyclic) bond motifs is 2. The lowest BCUT2D eigenvalue weighted by Gasteiger charge is -2.47. The van der Waals surface area contributed by atoms with Gasteiger partial charge < -0.3 is 5.32 Å². The van der Waals surface area contributed by atoms with Gasteiger partial charge in [0.05, 0.1) is 6.26 Å². The van der Waals surface area contributed by atoms with Gasteiger partial charge in [-0.2, -0.15) is 4.31 Å². The largest absolute Gasteiger partial charge is 0.308 e. The molecule has 0 spiro atoms. The van der Waals surface area contributed by atoms with Crippen molar-refractivity contribution in [3.8, 4) is 0 Å². The van der Waals surface area contributed by atoms with Crippen molar-refractivity contribution in [1.29, 1.82) is 0 Å². The Balaban J connectivity index is 2.09. The molecule has 2 unspecified atom stereocenters. The van der Waals surface area contributed by atoms with Gasteiger partial charge in [-0.05, 0) is 6.42 Å². The molecule has 5 heteroatoms. The van der Waals surface area contributed by atoms with Gasteiger partial charge in [-0.1, -0.05) is 0 Å². The number of nitrogens with one attached hydrogen (secondary N) is 1. The smallest absolute Gasteiger partial charge is 0.211 e. The van der Waals surface area contributed by atoms with Crippen LogP contribution in [0.2, 0.25) is 0 Å². The number of hydrogen-bond acceptors (Lipinski definition) is 3. The van der Waals surface area contributed by atoms with Crippen molar-refractivity contribution < 1.29 is 8.42 Å². The van der Waals surface area contributed by atoms with Crippen molar-refractivity contribution in [2.75, 3.05) is 19.3 Å². The van der Waals surface area contributed by atoms with Crippen molar-refractivity contribution in [3.05, 3.63) is 0 Å². The number of nitrogens with zero attached hydrogens (tertiary/aromatic N) is 1. The van der Waals surface area contributed by atoms with Gasteiger partial charge >= 0.3 is 0 Å². The maximum absolute atomic E-state index is 11.1. The van der Waals surface area contributed by atoms with E-state index in [9.17, 15) is 8.42 Å². The molecule has 1 N–H and O–H groups in total. The third kappa shape index (κ3) is 1.28. The van der Waals surface area contributed by atoms with Gasteiger partial charge in [0.1, 0.15) is 0 Å². The summed E-state index contributed by atoms with van der Waals surface area (Å²) in [4.78, 5) is 0. The van der Waals surface area contributed by atoms with Gasteiger partial charge in [-0.15, -0.1) is 0 Å². The average Bonchev–Trinajstić information content (AvgIpc) is 1.84. The van der Waals surface area contributed by atoms with E-state index in [1.807, 2.05) is 0 Å². The molecule has 4 nitrogen and oxygen atoms in total. The van der Waals surface area contributed by atoms with Crippen LogP contribution in [0.3, 0.4) is 0 Å². The summed E-state index contributed by atoms with van der Waals surface area (Å²) in [5.41, 5.74) is 0. The minimum absolute atomic E-state index is 0.420. The Bertz CT molecular complexity index is 246. The molecule has 64 valence electrons. The molecule has 3 aliphatic heterocycles. The van der Waals surface area contributed by atoms with Crippen LogP contribution in [-0.2, 0) is 10.0 Å². The third-order valence-corrected chi connectivity index (χ3v) is 3.59. The van der Waals surface area contributed by atoms with Crippen molar-refractivity contribution >= 4 is 10.0 Å². The lowest BCUT2D eigenvalue weighted by atomic mass is 9.93. The van der Waals surface area contributed by atoms with Gasteiger partial charge in [-0.25, -0.2) is 8.42 Å². The second kappa shape index (κ2) is 2.18. The first-order valence-electron chi connectivity index (χ1n) is 3.77. The fraction of sp³-hybridized carbons (Fsp3) is 1.00. The second-order valence-electron chi connectivity index (χ2n) is 3.38. The Kier molecular flexibility index (Phi) is 1.49. The number of hydrogen-bond donors (Lipinski definition) is 1. The maximum atomic E-state index is 11.1. The highest BCUT2D eigenvalue weighted by Gasteiger charge is 2.39. The Morgan fingerprint density at radius 2 is 1.82 bits per heavy atom. The summed E-state index contributed by atoms with van der Waals surface area (Å²) in [6.07, 6.45) is 2.42. The normalized spacial score (nSPS) is 38.3. The fourth-order valence-electron chi connectivity index (χ4n) is 1.74. The Hall–Kier alpha value is -0.130. The van der Waals surface area contributed by atoms with Gasteiger partial charge in [0.25, 0.3) is 0 Å². The van der Waals surface area contributed by atoms with E-state index in [0.717, 1.165) is 6.42 Å². The summed E-state index contributed by atoms with van der Waals surface area (Å²) in [5, 5.41) is 3.28. The summed E-state index contributed by atoms with van der Waals surface area (Å²) in [6.45, 7) is 1.32. The Morgan fingerprint density at radius 1 is 1.36 bits per heavy atom.